The molecule has 1 aliphatic carbocycles. The van der Waals surface area contributed by atoms with Crippen LogP contribution in [0.15, 0.2) is 23.1 Å². The number of ketones is 1. The van der Waals surface area contributed by atoms with Gasteiger partial charge in [-0.1, -0.05) is 12.8 Å². The van der Waals surface area contributed by atoms with E-state index in [9.17, 15) is 9.18 Å². The van der Waals surface area contributed by atoms with Gasteiger partial charge in [0.05, 0.1) is 0 Å². The van der Waals surface area contributed by atoms with E-state index >= 15 is 0 Å². The standard InChI is InChI=1S/C13H15FOS/c1-9(15)12-8-10(14)6-7-13(12)16-11-4-2-3-5-11/h6-8,11H,2-5H2,1H3. The summed E-state index contributed by atoms with van der Waals surface area (Å²) in [6.07, 6.45) is 4.96. The second kappa shape index (κ2) is 5.00. The highest BCUT2D eigenvalue weighted by atomic mass is 32.2. The zero-order valence-electron chi connectivity index (χ0n) is 9.33. The lowest BCUT2D eigenvalue weighted by atomic mass is 10.1. The summed E-state index contributed by atoms with van der Waals surface area (Å²) in [5.41, 5.74) is 0.525. The number of rotatable bonds is 3. The highest BCUT2D eigenvalue weighted by Gasteiger charge is 2.18. The molecule has 0 heterocycles. The molecule has 0 saturated heterocycles. The van der Waals surface area contributed by atoms with Gasteiger partial charge in [-0.3, -0.25) is 4.79 Å². The quantitative estimate of drug-likeness (QED) is 0.738. The summed E-state index contributed by atoms with van der Waals surface area (Å²) in [7, 11) is 0. The van der Waals surface area contributed by atoms with Crippen LogP contribution in [0.4, 0.5) is 4.39 Å². The monoisotopic (exact) mass is 238 g/mol. The Hall–Kier alpha value is -0.830. The zero-order chi connectivity index (χ0) is 11.5. The van der Waals surface area contributed by atoms with Crippen LogP contribution in [0.25, 0.3) is 0 Å². The molecule has 3 heteroatoms. The summed E-state index contributed by atoms with van der Waals surface area (Å²) in [5, 5.41) is 0.601. The van der Waals surface area contributed by atoms with Crippen molar-refractivity contribution in [2.24, 2.45) is 0 Å². The Morgan fingerprint density at radius 1 is 1.38 bits per heavy atom. The van der Waals surface area contributed by atoms with E-state index in [2.05, 4.69) is 0 Å². The molecular weight excluding hydrogens is 223 g/mol. The molecule has 1 aliphatic rings. The molecule has 0 amide bonds. The molecule has 0 aliphatic heterocycles. The summed E-state index contributed by atoms with van der Waals surface area (Å²) in [6.45, 7) is 1.49. The van der Waals surface area contributed by atoms with E-state index in [1.165, 1.54) is 44.7 Å². The summed E-state index contributed by atoms with van der Waals surface area (Å²) >= 11 is 1.73. The van der Waals surface area contributed by atoms with Gasteiger partial charge in [0.15, 0.2) is 5.78 Å². The van der Waals surface area contributed by atoms with Crippen LogP contribution in [0, 0.1) is 5.82 Å². The molecule has 1 fully saturated rings. The van der Waals surface area contributed by atoms with E-state index in [-0.39, 0.29) is 11.6 Å². The third kappa shape index (κ3) is 2.64. The summed E-state index contributed by atoms with van der Waals surface area (Å²) in [4.78, 5) is 12.3. The van der Waals surface area contributed by atoms with Gasteiger partial charge >= 0.3 is 0 Å². The van der Waals surface area contributed by atoms with E-state index in [4.69, 9.17) is 0 Å². The summed E-state index contributed by atoms with van der Waals surface area (Å²) in [5.74, 6) is -0.388. The van der Waals surface area contributed by atoms with Crippen molar-refractivity contribution in [3.8, 4) is 0 Å². The molecule has 1 saturated carbocycles. The minimum Gasteiger partial charge on any atom is -0.294 e. The van der Waals surface area contributed by atoms with Crippen LogP contribution in [0.1, 0.15) is 43.0 Å². The first-order valence-electron chi connectivity index (χ1n) is 5.64. The highest BCUT2D eigenvalue weighted by molar-refractivity contribution is 8.00. The maximum atomic E-state index is 13.1. The normalized spacial score (nSPS) is 16.6. The maximum Gasteiger partial charge on any atom is 0.161 e. The van der Waals surface area contributed by atoms with Gasteiger partial charge in [-0.05, 0) is 38.0 Å². The second-order valence-electron chi connectivity index (χ2n) is 4.22. The number of carbonyl (C=O) groups excluding carboxylic acids is 1. The average Bonchev–Trinajstić information content (AvgIpc) is 2.73. The molecule has 1 nitrogen and oxygen atoms in total. The van der Waals surface area contributed by atoms with E-state index in [0.29, 0.717) is 10.8 Å². The largest absolute Gasteiger partial charge is 0.294 e. The van der Waals surface area contributed by atoms with Crippen molar-refractivity contribution in [2.45, 2.75) is 42.8 Å². The fourth-order valence-electron chi connectivity index (χ4n) is 2.07. The lowest BCUT2D eigenvalue weighted by Gasteiger charge is -2.11. The molecule has 1 aromatic rings. The molecule has 16 heavy (non-hydrogen) atoms. The van der Waals surface area contributed by atoms with Gasteiger partial charge in [0.25, 0.3) is 0 Å². The van der Waals surface area contributed by atoms with Gasteiger partial charge in [0.1, 0.15) is 5.82 Å². The van der Waals surface area contributed by atoms with Crippen LogP contribution >= 0.6 is 11.8 Å². The molecular formula is C13H15FOS. The molecule has 2 rings (SSSR count). The predicted octanol–water partition coefficient (Wildman–Crippen LogP) is 4.06. The predicted molar refractivity (Wildman–Crippen MR) is 64.5 cm³/mol. The van der Waals surface area contributed by atoms with E-state index < -0.39 is 0 Å². The van der Waals surface area contributed by atoms with Crippen LogP contribution in [-0.2, 0) is 0 Å². The first-order valence-corrected chi connectivity index (χ1v) is 6.52. The second-order valence-corrected chi connectivity index (χ2v) is 5.56. The number of carbonyl (C=O) groups is 1. The topological polar surface area (TPSA) is 17.1 Å². The molecule has 0 bridgehead atoms. The third-order valence-electron chi connectivity index (χ3n) is 2.92. The Kier molecular flexibility index (Phi) is 3.64. The van der Waals surface area contributed by atoms with Crippen molar-refractivity contribution in [3.05, 3.63) is 29.6 Å². The van der Waals surface area contributed by atoms with Crippen molar-refractivity contribution in [2.75, 3.05) is 0 Å². The van der Waals surface area contributed by atoms with Crippen LogP contribution in [-0.4, -0.2) is 11.0 Å². The minimum absolute atomic E-state index is 0.0556. The number of thioether (sulfide) groups is 1. The van der Waals surface area contributed by atoms with Gasteiger partial charge in [0.2, 0.25) is 0 Å². The van der Waals surface area contributed by atoms with Crippen molar-refractivity contribution in [3.63, 3.8) is 0 Å². The first kappa shape index (κ1) is 11.6. The maximum absolute atomic E-state index is 13.1. The molecule has 1 aromatic carbocycles. The molecule has 0 aromatic heterocycles. The van der Waals surface area contributed by atoms with Crippen LogP contribution in [0.2, 0.25) is 0 Å². The number of hydrogen-bond donors (Lipinski definition) is 0. The van der Waals surface area contributed by atoms with Gasteiger partial charge in [-0.2, -0.15) is 0 Å². The first-order chi connectivity index (χ1) is 7.66. The fourth-order valence-corrected chi connectivity index (χ4v) is 3.47. The average molecular weight is 238 g/mol. The Balaban J connectivity index is 2.21. The van der Waals surface area contributed by atoms with Gasteiger partial charge < -0.3 is 0 Å². The Morgan fingerprint density at radius 3 is 2.69 bits per heavy atom. The lowest BCUT2D eigenvalue weighted by Crippen LogP contribution is -2.00. The third-order valence-corrected chi connectivity index (χ3v) is 4.33. The van der Waals surface area contributed by atoms with Crippen LogP contribution in [0.5, 0.6) is 0 Å². The van der Waals surface area contributed by atoms with Crippen molar-refractivity contribution in [1.29, 1.82) is 0 Å². The van der Waals surface area contributed by atoms with Crippen LogP contribution in [0.3, 0.4) is 0 Å². The molecule has 0 radical (unpaired) electrons. The summed E-state index contributed by atoms with van der Waals surface area (Å²) in [6, 6.07) is 4.51. The van der Waals surface area contributed by atoms with Crippen molar-refractivity contribution >= 4 is 17.5 Å². The van der Waals surface area contributed by atoms with Crippen LogP contribution < -0.4 is 0 Å². The SMILES string of the molecule is CC(=O)c1cc(F)ccc1SC1CCCC1. The Bertz CT molecular complexity index is 397. The molecule has 0 spiro atoms. The number of halogens is 1. The number of Topliss-reactive ketones (excluding diaryl/α,β-unsaturated/α-hetero) is 1. The molecule has 86 valence electrons. The van der Waals surface area contributed by atoms with Gasteiger partial charge in [-0.15, -0.1) is 11.8 Å². The van der Waals surface area contributed by atoms with E-state index in [1.807, 2.05) is 0 Å². The smallest absolute Gasteiger partial charge is 0.161 e. The highest BCUT2D eigenvalue weighted by Crippen LogP contribution is 2.36. The molecule has 0 N–H and O–H groups in total. The van der Waals surface area contributed by atoms with Crippen molar-refractivity contribution in [1.82, 2.24) is 0 Å². The zero-order valence-corrected chi connectivity index (χ0v) is 10.1. The van der Waals surface area contributed by atoms with Crippen molar-refractivity contribution < 1.29 is 9.18 Å². The fraction of sp³-hybridized carbons (Fsp3) is 0.462. The Morgan fingerprint density at radius 2 is 2.06 bits per heavy atom. The van der Waals surface area contributed by atoms with Gasteiger partial charge in [-0.25, -0.2) is 4.39 Å². The lowest BCUT2D eigenvalue weighted by molar-refractivity contribution is 0.101. The number of hydrogen-bond acceptors (Lipinski definition) is 2. The van der Waals surface area contributed by atoms with E-state index in [1.54, 1.807) is 17.8 Å². The summed E-state index contributed by atoms with van der Waals surface area (Å²) < 4.78 is 13.1. The minimum atomic E-state index is -0.332. The van der Waals surface area contributed by atoms with E-state index in [0.717, 1.165) is 4.90 Å². The Labute approximate surface area is 99.4 Å². The number of benzene rings is 1. The van der Waals surface area contributed by atoms with Gasteiger partial charge in [0, 0.05) is 15.7 Å². The molecule has 0 unspecified atom stereocenters. The molecule has 0 atom stereocenters.